The van der Waals surface area contributed by atoms with E-state index in [1.165, 1.54) is 4.57 Å². The summed E-state index contributed by atoms with van der Waals surface area (Å²) in [6.45, 7) is 1.82. The number of aryl methyl sites for hydroxylation is 1. The van der Waals surface area contributed by atoms with Crippen molar-refractivity contribution in [3.63, 3.8) is 0 Å². The van der Waals surface area contributed by atoms with Gasteiger partial charge in [-0.1, -0.05) is 91.0 Å². The molecule has 0 saturated carbocycles. The summed E-state index contributed by atoms with van der Waals surface area (Å²) in [5.41, 5.74) is 3.06. The number of amides is 2. The lowest BCUT2D eigenvalue weighted by Gasteiger charge is -2.24. The molecule has 9 nitrogen and oxygen atoms in total. The zero-order chi connectivity index (χ0) is 30.9. The molecule has 44 heavy (non-hydrogen) atoms. The highest BCUT2D eigenvalue weighted by molar-refractivity contribution is 5.90. The van der Waals surface area contributed by atoms with Crippen LogP contribution in [0, 0.1) is 0 Å². The number of esters is 1. The van der Waals surface area contributed by atoms with Crippen LogP contribution in [0.4, 0.5) is 5.69 Å². The summed E-state index contributed by atoms with van der Waals surface area (Å²) < 4.78 is 12.6. The van der Waals surface area contributed by atoms with Gasteiger partial charge in [-0.15, -0.1) is 0 Å². The van der Waals surface area contributed by atoms with Gasteiger partial charge in [-0.3, -0.25) is 23.7 Å². The molecule has 2 heterocycles. The van der Waals surface area contributed by atoms with Crippen LogP contribution in [0.2, 0.25) is 0 Å². The van der Waals surface area contributed by atoms with Crippen LogP contribution in [-0.2, 0) is 43.3 Å². The van der Waals surface area contributed by atoms with Gasteiger partial charge in [-0.25, -0.2) is 0 Å². The topological polar surface area (TPSA) is 116 Å². The summed E-state index contributed by atoms with van der Waals surface area (Å²) in [7, 11) is 0. The maximum atomic E-state index is 13.8. The van der Waals surface area contributed by atoms with Gasteiger partial charge >= 0.3 is 5.97 Å². The smallest absolute Gasteiger partial charge is 0.310 e. The molecule has 1 saturated heterocycles. The summed E-state index contributed by atoms with van der Waals surface area (Å²) >= 11 is 0. The van der Waals surface area contributed by atoms with Crippen LogP contribution in [0.25, 0.3) is 0 Å². The van der Waals surface area contributed by atoms with Gasteiger partial charge in [0.05, 0.1) is 13.0 Å². The second-order valence-corrected chi connectivity index (χ2v) is 10.8. The quantitative estimate of drug-likeness (QED) is 0.233. The Morgan fingerprint density at radius 3 is 2.14 bits per heavy atom. The molecule has 0 bridgehead atoms. The number of carbonyl (C=O) groups excluding carboxylic acids is 3. The first kappa shape index (κ1) is 30.4. The SMILES string of the molecule is CC(C(=O)NC1CC(=O)OC1OCc1ccccc1)n1c(Cc2ccccc2)ccc(NC(=O)CCc2ccccc2)c1=O. The minimum absolute atomic E-state index is 0.0544. The fourth-order valence-corrected chi connectivity index (χ4v) is 5.15. The Labute approximate surface area is 255 Å². The molecule has 226 valence electrons. The Kier molecular flexibility index (Phi) is 9.99. The molecule has 0 aliphatic carbocycles. The zero-order valence-corrected chi connectivity index (χ0v) is 24.5. The Balaban J connectivity index is 1.33. The van der Waals surface area contributed by atoms with E-state index >= 15 is 0 Å². The third kappa shape index (κ3) is 7.87. The van der Waals surface area contributed by atoms with Gasteiger partial charge in [-0.2, -0.15) is 0 Å². The number of hydrogen-bond acceptors (Lipinski definition) is 6. The summed E-state index contributed by atoms with van der Waals surface area (Å²) in [5, 5.41) is 5.59. The average molecular weight is 594 g/mol. The summed E-state index contributed by atoms with van der Waals surface area (Å²) in [6, 6.07) is 30.3. The standard InChI is InChI=1S/C35H35N3O6/c1-24(33(41)37-30-22-32(40)44-35(30)43-23-27-15-9-4-10-16-27)38-28(21-26-13-7-3-8-14-26)18-19-29(34(38)42)36-31(39)20-17-25-11-5-2-6-12-25/h2-16,18-19,24,30,35H,17,20-23H2,1H3,(H,36,39)(H,37,41). The lowest BCUT2D eigenvalue weighted by molar-refractivity contribution is -0.168. The van der Waals surface area contributed by atoms with Crippen LogP contribution in [0.1, 0.15) is 48.2 Å². The molecular formula is C35H35N3O6. The number of anilines is 1. The van der Waals surface area contributed by atoms with E-state index in [9.17, 15) is 19.2 Å². The van der Waals surface area contributed by atoms with Gasteiger partial charge in [0.1, 0.15) is 17.8 Å². The Morgan fingerprint density at radius 2 is 1.48 bits per heavy atom. The number of hydrogen-bond donors (Lipinski definition) is 2. The van der Waals surface area contributed by atoms with E-state index in [-0.39, 0.29) is 31.0 Å². The van der Waals surface area contributed by atoms with E-state index < -0.39 is 35.8 Å². The molecule has 3 atom stereocenters. The highest BCUT2D eigenvalue weighted by Gasteiger charge is 2.38. The molecule has 1 aromatic heterocycles. The van der Waals surface area contributed by atoms with Gasteiger partial charge in [0.2, 0.25) is 18.1 Å². The van der Waals surface area contributed by atoms with Crippen molar-refractivity contribution in [3.05, 3.63) is 136 Å². The molecule has 3 unspecified atom stereocenters. The summed E-state index contributed by atoms with van der Waals surface area (Å²) in [6.07, 6.45) is 0.104. The molecular weight excluding hydrogens is 558 g/mol. The highest BCUT2D eigenvalue weighted by Crippen LogP contribution is 2.21. The first-order chi connectivity index (χ1) is 21.4. The molecule has 4 aromatic rings. The van der Waals surface area contributed by atoms with Crippen LogP contribution >= 0.6 is 0 Å². The van der Waals surface area contributed by atoms with Crippen LogP contribution in [0.5, 0.6) is 0 Å². The molecule has 1 fully saturated rings. The fraction of sp³-hybridized carbons (Fsp3) is 0.257. The predicted octanol–water partition coefficient (Wildman–Crippen LogP) is 4.55. The van der Waals surface area contributed by atoms with Crippen molar-refractivity contribution < 1.29 is 23.9 Å². The van der Waals surface area contributed by atoms with Crippen molar-refractivity contribution in [3.8, 4) is 0 Å². The fourth-order valence-electron chi connectivity index (χ4n) is 5.15. The van der Waals surface area contributed by atoms with Crippen molar-refractivity contribution in [2.45, 2.75) is 57.6 Å². The molecule has 0 radical (unpaired) electrons. The molecule has 0 spiro atoms. The summed E-state index contributed by atoms with van der Waals surface area (Å²) in [5.74, 6) is -1.26. The van der Waals surface area contributed by atoms with Crippen LogP contribution in [-0.4, -0.2) is 34.7 Å². The van der Waals surface area contributed by atoms with Gasteiger partial charge in [-0.05, 0) is 42.2 Å². The van der Waals surface area contributed by atoms with Crippen LogP contribution < -0.4 is 16.2 Å². The minimum atomic E-state index is -0.965. The van der Waals surface area contributed by atoms with Gasteiger partial charge in [0, 0.05) is 18.5 Å². The first-order valence-electron chi connectivity index (χ1n) is 14.6. The number of pyridine rings is 1. The average Bonchev–Trinajstić information content (AvgIpc) is 3.40. The molecule has 1 aliphatic heterocycles. The lowest BCUT2D eigenvalue weighted by Crippen LogP contribution is -2.46. The molecule has 1 aliphatic rings. The normalized spacial score (nSPS) is 16.6. The van der Waals surface area contributed by atoms with Crippen LogP contribution in [0.3, 0.4) is 0 Å². The number of ether oxygens (including phenoxy) is 2. The number of nitrogens with one attached hydrogen (secondary N) is 2. The third-order valence-electron chi connectivity index (χ3n) is 7.50. The molecule has 5 rings (SSSR count). The largest absolute Gasteiger partial charge is 0.433 e. The minimum Gasteiger partial charge on any atom is -0.433 e. The maximum Gasteiger partial charge on any atom is 0.310 e. The summed E-state index contributed by atoms with van der Waals surface area (Å²) in [4.78, 5) is 52.4. The van der Waals surface area contributed by atoms with E-state index in [4.69, 9.17) is 9.47 Å². The van der Waals surface area contributed by atoms with Crippen LogP contribution in [0.15, 0.2) is 108 Å². The van der Waals surface area contributed by atoms with Crippen molar-refractivity contribution in [2.75, 3.05) is 5.32 Å². The van der Waals surface area contributed by atoms with E-state index in [2.05, 4.69) is 10.6 Å². The van der Waals surface area contributed by atoms with E-state index in [1.807, 2.05) is 91.0 Å². The molecule has 2 N–H and O–H groups in total. The molecule has 3 aromatic carbocycles. The Bertz CT molecular complexity index is 1640. The van der Waals surface area contributed by atoms with Crippen molar-refractivity contribution in [2.24, 2.45) is 0 Å². The monoisotopic (exact) mass is 593 g/mol. The third-order valence-corrected chi connectivity index (χ3v) is 7.50. The second-order valence-electron chi connectivity index (χ2n) is 10.8. The van der Waals surface area contributed by atoms with Crippen molar-refractivity contribution >= 4 is 23.5 Å². The zero-order valence-electron chi connectivity index (χ0n) is 24.5. The molecule has 9 heteroatoms. The number of benzene rings is 3. The Hall–Kier alpha value is -5.02. The number of nitrogens with zero attached hydrogens (tertiary/aromatic N) is 1. The predicted molar refractivity (Wildman–Crippen MR) is 166 cm³/mol. The van der Waals surface area contributed by atoms with E-state index in [0.717, 1.165) is 16.7 Å². The lowest BCUT2D eigenvalue weighted by atomic mass is 10.1. The highest BCUT2D eigenvalue weighted by atomic mass is 16.7. The van der Waals surface area contributed by atoms with Gasteiger partial charge < -0.3 is 20.1 Å². The second kappa shape index (κ2) is 14.4. The molecule has 2 amide bonds. The van der Waals surface area contributed by atoms with Crippen molar-refractivity contribution in [1.29, 1.82) is 0 Å². The maximum absolute atomic E-state index is 13.8. The number of aromatic nitrogens is 1. The van der Waals surface area contributed by atoms with Crippen molar-refractivity contribution in [1.82, 2.24) is 9.88 Å². The first-order valence-corrected chi connectivity index (χ1v) is 14.6. The van der Waals surface area contributed by atoms with E-state index in [0.29, 0.717) is 18.5 Å². The van der Waals surface area contributed by atoms with Gasteiger partial charge in [0.15, 0.2) is 0 Å². The number of cyclic esters (lactones) is 1. The number of rotatable bonds is 12. The van der Waals surface area contributed by atoms with Gasteiger partial charge in [0.25, 0.3) is 5.56 Å². The number of carbonyl (C=O) groups is 3. The van der Waals surface area contributed by atoms with E-state index in [1.54, 1.807) is 19.1 Å². The Morgan fingerprint density at radius 1 is 0.864 bits per heavy atom.